The van der Waals surface area contributed by atoms with Crippen LogP contribution in [0.15, 0.2) is 18.2 Å². The largest absolute Gasteiger partial charge is 0.318 e. The summed E-state index contributed by atoms with van der Waals surface area (Å²) < 4.78 is 0. The Labute approximate surface area is 126 Å². The molecule has 3 nitrogen and oxygen atoms in total. The molecule has 1 aromatic carbocycles. The molecule has 0 spiro atoms. The average molecular weight is 284 g/mol. The van der Waals surface area contributed by atoms with Gasteiger partial charge < -0.3 is 4.90 Å². The summed E-state index contributed by atoms with van der Waals surface area (Å²) in [4.78, 5) is 14.7. The van der Waals surface area contributed by atoms with E-state index in [2.05, 4.69) is 42.3 Å². The lowest BCUT2D eigenvalue weighted by Gasteiger charge is -2.34. The van der Waals surface area contributed by atoms with E-state index >= 15 is 0 Å². The fourth-order valence-electron chi connectivity index (χ4n) is 3.88. The Bertz CT molecular complexity index is 563. The fourth-order valence-corrected chi connectivity index (χ4v) is 3.88. The number of hydrogen-bond donors (Lipinski definition) is 1. The van der Waals surface area contributed by atoms with Gasteiger partial charge in [-0.05, 0) is 62.5 Å². The minimum absolute atomic E-state index is 0.0867. The van der Waals surface area contributed by atoms with Crippen molar-refractivity contribution in [2.45, 2.75) is 51.7 Å². The van der Waals surface area contributed by atoms with Gasteiger partial charge in [0.2, 0.25) is 5.91 Å². The number of aryl methyl sites for hydroxylation is 2. The van der Waals surface area contributed by atoms with Gasteiger partial charge in [-0.25, -0.2) is 0 Å². The Morgan fingerprint density at radius 1 is 1.14 bits per heavy atom. The summed E-state index contributed by atoms with van der Waals surface area (Å²) in [6, 6.07) is 7.06. The number of rotatable bonds is 4. The Kier molecular flexibility index (Phi) is 3.07. The molecule has 2 aliphatic carbocycles. The third-order valence-electron chi connectivity index (χ3n) is 5.27. The zero-order chi connectivity index (χ0) is 14.6. The molecule has 1 aromatic rings. The maximum absolute atomic E-state index is 12.5. The van der Waals surface area contributed by atoms with Crippen LogP contribution in [0.5, 0.6) is 0 Å². The topological polar surface area (TPSA) is 32.3 Å². The van der Waals surface area contributed by atoms with Gasteiger partial charge in [-0.1, -0.05) is 23.8 Å². The number of nitrogens with zero attached hydrogens (tertiary/aromatic N) is 1. The van der Waals surface area contributed by atoms with E-state index in [0.717, 1.165) is 11.8 Å². The second kappa shape index (κ2) is 4.84. The van der Waals surface area contributed by atoms with E-state index in [0.29, 0.717) is 18.5 Å². The second-order valence-electron chi connectivity index (χ2n) is 7.11. The number of nitrogens with one attached hydrogen (secondary N) is 1. The van der Waals surface area contributed by atoms with Gasteiger partial charge in [0.05, 0.1) is 6.54 Å². The zero-order valence-corrected chi connectivity index (χ0v) is 12.9. The van der Waals surface area contributed by atoms with Crippen molar-refractivity contribution < 1.29 is 4.79 Å². The van der Waals surface area contributed by atoms with Gasteiger partial charge >= 0.3 is 0 Å². The fraction of sp³-hybridized carbons (Fsp3) is 0.611. The molecule has 1 amide bonds. The van der Waals surface area contributed by atoms with Gasteiger partial charge in [-0.3, -0.25) is 10.1 Å². The first kappa shape index (κ1) is 13.3. The Balaban J connectivity index is 1.69. The second-order valence-corrected chi connectivity index (χ2v) is 7.11. The van der Waals surface area contributed by atoms with Gasteiger partial charge in [0, 0.05) is 6.04 Å². The molecule has 1 saturated heterocycles. The van der Waals surface area contributed by atoms with Crippen molar-refractivity contribution in [3.05, 3.63) is 34.9 Å². The molecule has 21 heavy (non-hydrogen) atoms. The van der Waals surface area contributed by atoms with Crippen LogP contribution in [0.1, 0.15) is 48.5 Å². The molecule has 3 heteroatoms. The van der Waals surface area contributed by atoms with Gasteiger partial charge in [-0.2, -0.15) is 0 Å². The van der Waals surface area contributed by atoms with Crippen LogP contribution >= 0.6 is 0 Å². The molecule has 3 fully saturated rings. The quantitative estimate of drug-likeness (QED) is 0.922. The molecule has 0 aromatic heterocycles. The van der Waals surface area contributed by atoms with Gasteiger partial charge in [0.15, 0.2) is 0 Å². The van der Waals surface area contributed by atoms with E-state index in [9.17, 15) is 4.79 Å². The number of amides is 1. The van der Waals surface area contributed by atoms with Crippen LogP contribution in [0.2, 0.25) is 0 Å². The Morgan fingerprint density at radius 3 is 2.43 bits per heavy atom. The highest BCUT2D eigenvalue weighted by Crippen LogP contribution is 2.49. The third kappa shape index (κ3) is 2.38. The van der Waals surface area contributed by atoms with Crippen molar-refractivity contribution in [1.29, 1.82) is 0 Å². The monoisotopic (exact) mass is 284 g/mol. The van der Waals surface area contributed by atoms with E-state index in [4.69, 9.17) is 0 Å². The summed E-state index contributed by atoms with van der Waals surface area (Å²) in [5.74, 6) is 1.81. The lowest BCUT2D eigenvalue weighted by molar-refractivity contribution is -0.131. The van der Waals surface area contributed by atoms with Crippen molar-refractivity contribution in [1.82, 2.24) is 10.2 Å². The molecule has 1 N–H and O–H groups in total. The van der Waals surface area contributed by atoms with Gasteiger partial charge in [0.25, 0.3) is 0 Å². The van der Waals surface area contributed by atoms with E-state index in [1.807, 2.05) is 0 Å². The normalized spacial score (nSPS) is 26.0. The number of hydrogen-bond acceptors (Lipinski definition) is 2. The van der Waals surface area contributed by atoms with Crippen molar-refractivity contribution in [3.63, 3.8) is 0 Å². The highest BCUT2D eigenvalue weighted by Gasteiger charge is 2.50. The van der Waals surface area contributed by atoms with Crippen LogP contribution in [0.4, 0.5) is 0 Å². The number of carbonyl (C=O) groups excluding carboxylic acids is 1. The first-order valence-electron chi connectivity index (χ1n) is 8.27. The molecular weight excluding hydrogens is 260 g/mol. The summed E-state index contributed by atoms with van der Waals surface area (Å²) in [6.45, 7) is 4.78. The van der Waals surface area contributed by atoms with Crippen LogP contribution < -0.4 is 5.32 Å². The predicted molar refractivity (Wildman–Crippen MR) is 82.7 cm³/mol. The summed E-state index contributed by atoms with van der Waals surface area (Å²) in [7, 11) is 0. The molecule has 1 atom stereocenters. The molecule has 3 aliphatic rings. The average Bonchev–Trinajstić information content (AvgIpc) is 3.34. The summed E-state index contributed by atoms with van der Waals surface area (Å²) in [6.07, 6.45) is 5.33. The van der Waals surface area contributed by atoms with E-state index < -0.39 is 0 Å². The van der Waals surface area contributed by atoms with Crippen LogP contribution in [-0.4, -0.2) is 23.4 Å². The van der Waals surface area contributed by atoms with Crippen molar-refractivity contribution >= 4 is 5.91 Å². The molecular formula is C18H24N2O. The maximum Gasteiger partial charge on any atom is 0.238 e. The third-order valence-corrected chi connectivity index (χ3v) is 5.27. The minimum Gasteiger partial charge on any atom is -0.318 e. The van der Waals surface area contributed by atoms with Crippen LogP contribution in [0.25, 0.3) is 0 Å². The van der Waals surface area contributed by atoms with E-state index in [-0.39, 0.29) is 6.17 Å². The van der Waals surface area contributed by atoms with Crippen molar-refractivity contribution in [3.8, 4) is 0 Å². The predicted octanol–water partition coefficient (Wildman–Crippen LogP) is 2.92. The molecule has 2 saturated carbocycles. The smallest absolute Gasteiger partial charge is 0.238 e. The van der Waals surface area contributed by atoms with Gasteiger partial charge in [0.1, 0.15) is 6.17 Å². The number of benzene rings is 1. The molecule has 1 heterocycles. The highest BCUT2D eigenvalue weighted by atomic mass is 16.2. The van der Waals surface area contributed by atoms with Crippen molar-refractivity contribution in [2.24, 2.45) is 11.8 Å². The first-order valence-corrected chi connectivity index (χ1v) is 8.27. The van der Waals surface area contributed by atoms with Crippen LogP contribution in [0, 0.1) is 25.7 Å². The van der Waals surface area contributed by atoms with E-state index in [1.165, 1.54) is 42.4 Å². The van der Waals surface area contributed by atoms with Crippen molar-refractivity contribution in [2.75, 3.05) is 6.54 Å². The first-order chi connectivity index (χ1) is 10.1. The molecule has 0 radical (unpaired) electrons. The Morgan fingerprint density at radius 2 is 1.81 bits per heavy atom. The zero-order valence-electron chi connectivity index (χ0n) is 12.9. The van der Waals surface area contributed by atoms with Crippen LogP contribution in [-0.2, 0) is 4.79 Å². The molecule has 0 bridgehead atoms. The molecule has 112 valence electrons. The SMILES string of the molecule is Cc1ccc(C)c(C2NCC(=O)N2C(C2CC2)C2CC2)c1. The minimum atomic E-state index is 0.0867. The highest BCUT2D eigenvalue weighted by molar-refractivity contribution is 5.81. The van der Waals surface area contributed by atoms with E-state index in [1.54, 1.807) is 0 Å². The molecule has 4 rings (SSSR count). The lowest BCUT2D eigenvalue weighted by atomic mass is 9.99. The lowest BCUT2D eigenvalue weighted by Crippen LogP contribution is -2.42. The van der Waals surface area contributed by atoms with Crippen LogP contribution in [0.3, 0.4) is 0 Å². The molecule has 1 aliphatic heterocycles. The standard InChI is InChI=1S/C18H24N2O/c1-11-3-4-12(2)15(9-11)18-19-10-16(21)20(18)17(13-5-6-13)14-7-8-14/h3-4,9,13-14,17-19H,5-8,10H2,1-2H3. The van der Waals surface area contributed by atoms with Gasteiger partial charge in [-0.15, -0.1) is 0 Å². The summed E-state index contributed by atoms with van der Waals surface area (Å²) in [5, 5.41) is 3.46. The summed E-state index contributed by atoms with van der Waals surface area (Å²) in [5.41, 5.74) is 3.83. The summed E-state index contributed by atoms with van der Waals surface area (Å²) >= 11 is 0. The molecule has 1 unspecified atom stereocenters. The Hall–Kier alpha value is -1.35. The maximum atomic E-state index is 12.5. The number of carbonyl (C=O) groups is 1.